The molecule has 8 nitrogen and oxygen atoms in total. The first-order valence-electron chi connectivity index (χ1n) is 6.18. The predicted octanol–water partition coefficient (Wildman–Crippen LogP) is 0.216. The second kappa shape index (κ2) is 5.51. The number of carboxylic acids is 1. The van der Waals surface area contributed by atoms with Gasteiger partial charge in [-0.1, -0.05) is 0 Å². The maximum Gasteiger partial charge on any atom is 0.357 e. The van der Waals surface area contributed by atoms with Gasteiger partial charge in [0.05, 0.1) is 12.3 Å². The summed E-state index contributed by atoms with van der Waals surface area (Å²) in [6.07, 6.45) is 1.56. The summed E-state index contributed by atoms with van der Waals surface area (Å²) in [7, 11) is -2.40. The highest BCUT2D eigenvalue weighted by atomic mass is 32.2. The van der Waals surface area contributed by atoms with Crippen molar-refractivity contribution in [3.8, 4) is 0 Å². The second-order valence-corrected chi connectivity index (χ2v) is 6.50. The van der Waals surface area contributed by atoms with Crippen LogP contribution in [0.25, 0.3) is 0 Å². The lowest BCUT2D eigenvalue weighted by Crippen LogP contribution is -2.36. The normalized spacial score (nSPS) is 15.8. The monoisotopic (exact) mass is 303 g/mol. The molecular formula is C11H17N3O5S. The molecule has 1 aromatic heterocycles. The minimum absolute atomic E-state index is 0.0777. The maximum atomic E-state index is 12.7. The van der Waals surface area contributed by atoms with E-state index in [1.165, 1.54) is 18.3 Å². The van der Waals surface area contributed by atoms with E-state index in [4.69, 9.17) is 9.84 Å². The molecule has 0 saturated heterocycles. The van der Waals surface area contributed by atoms with Crippen LogP contribution in [-0.2, 0) is 14.8 Å². The Labute approximate surface area is 116 Å². The van der Waals surface area contributed by atoms with E-state index in [9.17, 15) is 13.2 Å². The van der Waals surface area contributed by atoms with E-state index < -0.39 is 21.7 Å². The molecule has 0 unspecified atom stereocenters. The van der Waals surface area contributed by atoms with Crippen molar-refractivity contribution in [3.05, 3.63) is 11.4 Å². The Balaban J connectivity index is 2.42. The molecule has 0 spiro atoms. The van der Waals surface area contributed by atoms with Crippen LogP contribution in [0.4, 0.5) is 0 Å². The van der Waals surface area contributed by atoms with Crippen LogP contribution in [-0.4, -0.2) is 60.3 Å². The number of aromatic nitrogens is 2. The summed E-state index contributed by atoms with van der Waals surface area (Å²) >= 11 is 0. The first-order chi connectivity index (χ1) is 9.39. The molecule has 1 saturated carbocycles. The first kappa shape index (κ1) is 14.9. The third-order valence-corrected chi connectivity index (χ3v) is 5.24. The van der Waals surface area contributed by atoms with E-state index in [2.05, 4.69) is 10.2 Å². The Hall–Kier alpha value is -1.45. The molecular weight excluding hydrogens is 286 g/mol. The van der Waals surface area contributed by atoms with Crippen LogP contribution < -0.4 is 0 Å². The molecule has 0 aliphatic heterocycles. The summed E-state index contributed by atoms with van der Waals surface area (Å²) in [5, 5.41) is 15.1. The van der Waals surface area contributed by atoms with E-state index in [-0.39, 0.29) is 29.8 Å². The minimum Gasteiger partial charge on any atom is -0.476 e. The molecule has 0 bridgehead atoms. The van der Waals surface area contributed by atoms with Gasteiger partial charge in [-0.15, -0.1) is 0 Å². The molecule has 9 heteroatoms. The fraction of sp³-hybridized carbons (Fsp3) is 0.636. The molecule has 20 heavy (non-hydrogen) atoms. The SMILES string of the molecule is COCCN(C1CC1)S(=O)(=O)c1c(C(=O)O)n[nH]c1C. The fourth-order valence-corrected chi connectivity index (χ4v) is 4.00. The van der Waals surface area contributed by atoms with Gasteiger partial charge in [0.2, 0.25) is 10.0 Å². The van der Waals surface area contributed by atoms with Crippen molar-refractivity contribution >= 4 is 16.0 Å². The zero-order chi connectivity index (χ0) is 14.9. The van der Waals surface area contributed by atoms with Gasteiger partial charge in [-0.2, -0.15) is 9.40 Å². The topological polar surface area (TPSA) is 113 Å². The van der Waals surface area contributed by atoms with E-state index >= 15 is 0 Å². The number of aromatic carboxylic acids is 1. The van der Waals surface area contributed by atoms with E-state index in [0.29, 0.717) is 0 Å². The number of rotatable bonds is 7. The lowest BCUT2D eigenvalue weighted by molar-refractivity contribution is 0.0686. The predicted molar refractivity (Wildman–Crippen MR) is 69.1 cm³/mol. The second-order valence-electron chi connectivity index (χ2n) is 4.67. The van der Waals surface area contributed by atoms with Crippen molar-refractivity contribution in [2.45, 2.75) is 30.7 Å². The van der Waals surface area contributed by atoms with Crippen molar-refractivity contribution < 1.29 is 23.1 Å². The fourth-order valence-electron chi connectivity index (χ4n) is 2.04. The number of carboxylic acid groups (broad SMARTS) is 1. The van der Waals surface area contributed by atoms with Crippen LogP contribution in [0.1, 0.15) is 29.0 Å². The highest BCUT2D eigenvalue weighted by Gasteiger charge is 2.41. The number of aryl methyl sites for hydroxylation is 1. The third kappa shape index (κ3) is 2.69. The van der Waals surface area contributed by atoms with Gasteiger partial charge in [0.25, 0.3) is 0 Å². The van der Waals surface area contributed by atoms with Crippen molar-refractivity contribution in [2.75, 3.05) is 20.3 Å². The zero-order valence-electron chi connectivity index (χ0n) is 11.3. The molecule has 0 aromatic carbocycles. The quantitative estimate of drug-likeness (QED) is 0.745. The van der Waals surface area contributed by atoms with E-state index in [1.807, 2.05) is 0 Å². The summed E-state index contributed by atoms with van der Waals surface area (Å²) in [6, 6.07) is -0.0777. The average Bonchev–Trinajstić information content (AvgIpc) is 3.10. The summed E-state index contributed by atoms with van der Waals surface area (Å²) < 4.78 is 31.6. The Morgan fingerprint density at radius 2 is 2.20 bits per heavy atom. The number of H-pyrrole nitrogens is 1. The number of hydrogen-bond acceptors (Lipinski definition) is 5. The van der Waals surface area contributed by atoms with Crippen LogP contribution in [0.15, 0.2) is 4.90 Å². The van der Waals surface area contributed by atoms with Crippen molar-refractivity contribution in [1.29, 1.82) is 0 Å². The van der Waals surface area contributed by atoms with Crippen LogP contribution in [0.3, 0.4) is 0 Å². The Morgan fingerprint density at radius 3 is 2.70 bits per heavy atom. The first-order valence-corrected chi connectivity index (χ1v) is 7.62. The molecule has 1 heterocycles. The summed E-state index contributed by atoms with van der Waals surface area (Å²) in [4.78, 5) is 10.9. The van der Waals surface area contributed by atoms with Gasteiger partial charge < -0.3 is 9.84 Å². The van der Waals surface area contributed by atoms with Gasteiger partial charge in [-0.25, -0.2) is 13.2 Å². The average molecular weight is 303 g/mol. The van der Waals surface area contributed by atoms with Gasteiger partial charge in [-0.3, -0.25) is 5.10 Å². The minimum atomic E-state index is -3.89. The number of methoxy groups -OCH3 is 1. The molecule has 1 fully saturated rings. The Kier molecular flexibility index (Phi) is 4.11. The van der Waals surface area contributed by atoms with Gasteiger partial charge in [0.15, 0.2) is 5.69 Å². The number of aromatic amines is 1. The van der Waals surface area contributed by atoms with Crippen molar-refractivity contribution in [1.82, 2.24) is 14.5 Å². The van der Waals surface area contributed by atoms with Crippen LogP contribution in [0, 0.1) is 6.92 Å². The molecule has 0 amide bonds. The molecule has 1 aliphatic carbocycles. The number of nitrogens with zero attached hydrogens (tertiary/aromatic N) is 2. The lowest BCUT2D eigenvalue weighted by Gasteiger charge is -2.21. The third-order valence-electron chi connectivity index (χ3n) is 3.13. The smallest absolute Gasteiger partial charge is 0.357 e. The maximum absolute atomic E-state index is 12.7. The van der Waals surface area contributed by atoms with Crippen LogP contribution >= 0.6 is 0 Å². The van der Waals surface area contributed by atoms with Crippen LogP contribution in [0.2, 0.25) is 0 Å². The molecule has 1 aliphatic rings. The number of hydrogen-bond donors (Lipinski definition) is 2. The summed E-state index contributed by atoms with van der Waals surface area (Å²) in [5.74, 6) is -1.37. The molecule has 0 radical (unpaired) electrons. The highest BCUT2D eigenvalue weighted by Crippen LogP contribution is 2.33. The highest BCUT2D eigenvalue weighted by molar-refractivity contribution is 7.89. The van der Waals surface area contributed by atoms with Crippen molar-refractivity contribution in [3.63, 3.8) is 0 Å². The summed E-state index contributed by atoms with van der Waals surface area (Å²) in [6.45, 7) is 1.95. The Bertz CT molecular complexity index is 606. The van der Waals surface area contributed by atoms with Gasteiger partial charge >= 0.3 is 5.97 Å². The number of carbonyl (C=O) groups is 1. The van der Waals surface area contributed by atoms with Crippen LogP contribution in [0.5, 0.6) is 0 Å². The van der Waals surface area contributed by atoms with E-state index in [1.54, 1.807) is 0 Å². The zero-order valence-corrected chi connectivity index (χ0v) is 12.1. The molecule has 2 rings (SSSR count). The van der Waals surface area contributed by atoms with Gasteiger partial charge in [-0.05, 0) is 19.8 Å². The summed E-state index contributed by atoms with van der Waals surface area (Å²) in [5.41, 5.74) is -0.240. The van der Waals surface area contributed by atoms with Gasteiger partial charge in [0.1, 0.15) is 4.90 Å². The molecule has 0 atom stereocenters. The van der Waals surface area contributed by atoms with E-state index in [0.717, 1.165) is 12.8 Å². The largest absolute Gasteiger partial charge is 0.476 e. The molecule has 1 aromatic rings. The number of ether oxygens (including phenoxy) is 1. The molecule has 2 N–H and O–H groups in total. The lowest BCUT2D eigenvalue weighted by atomic mass is 10.4. The Morgan fingerprint density at radius 1 is 1.55 bits per heavy atom. The standard InChI is InChI=1S/C11H17N3O5S/c1-7-10(9(11(15)16)13-12-7)20(17,18)14(5-6-19-2)8-3-4-8/h8H,3-6H2,1-2H3,(H,12,13)(H,15,16). The molecule has 112 valence electrons. The number of nitrogens with one attached hydrogen (secondary N) is 1. The number of sulfonamides is 1. The van der Waals surface area contributed by atoms with Gasteiger partial charge in [0, 0.05) is 19.7 Å². The van der Waals surface area contributed by atoms with Crippen molar-refractivity contribution in [2.24, 2.45) is 0 Å².